The minimum atomic E-state index is 0.238. The molecule has 52 valence electrons. The van der Waals surface area contributed by atoms with Gasteiger partial charge in [0.05, 0.1) is 0 Å². The lowest BCUT2D eigenvalue weighted by atomic mass is 10.3. The minimum absolute atomic E-state index is 0.238. The summed E-state index contributed by atoms with van der Waals surface area (Å²) >= 11 is 0. The second-order valence-corrected chi connectivity index (χ2v) is 2.38. The normalized spacial score (nSPS) is 33.6. The van der Waals surface area contributed by atoms with Gasteiger partial charge in [-0.1, -0.05) is 13.3 Å². The van der Waals surface area contributed by atoms with Gasteiger partial charge in [0.15, 0.2) is 0 Å². The van der Waals surface area contributed by atoms with Gasteiger partial charge >= 0.3 is 0 Å². The Morgan fingerprint density at radius 2 is 2.22 bits per heavy atom. The van der Waals surface area contributed by atoms with Crippen LogP contribution in [0.1, 0.15) is 26.7 Å². The Labute approximate surface area is 55.6 Å². The molecule has 0 bridgehead atoms. The van der Waals surface area contributed by atoms with Crippen LogP contribution in [0.5, 0.6) is 0 Å². The van der Waals surface area contributed by atoms with Crippen LogP contribution in [0, 0.1) is 0 Å². The van der Waals surface area contributed by atoms with Gasteiger partial charge in [0.25, 0.3) is 0 Å². The van der Waals surface area contributed by atoms with Crippen molar-refractivity contribution in [3.05, 3.63) is 0 Å². The summed E-state index contributed by atoms with van der Waals surface area (Å²) < 4.78 is 0. The molecule has 0 saturated carbocycles. The van der Waals surface area contributed by atoms with Crippen LogP contribution in [0.4, 0.5) is 0 Å². The summed E-state index contributed by atoms with van der Waals surface area (Å²) in [6.45, 7) is 4.17. The maximum atomic E-state index is 4.02. The zero-order valence-corrected chi connectivity index (χ0v) is 5.96. The summed E-state index contributed by atoms with van der Waals surface area (Å²) in [5, 5.41) is 11.2. The molecule has 0 spiro atoms. The van der Waals surface area contributed by atoms with E-state index < -0.39 is 0 Å². The highest BCUT2D eigenvalue weighted by Crippen LogP contribution is 2.07. The minimum Gasteiger partial charge on any atom is -0.271 e. The third kappa shape index (κ3) is 1.75. The first-order valence-corrected chi connectivity index (χ1v) is 3.49. The van der Waals surface area contributed by atoms with E-state index in [2.05, 4.69) is 22.5 Å². The highest BCUT2D eigenvalue weighted by atomic mass is 15.4. The molecule has 3 heteroatoms. The lowest BCUT2D eigenvalue weighted by molar-refractivity contribution is 0.506. The predicted octanol–water partition coefficient (Wildman–Crippen LogP) is 1.51. The second kappa shape index (κ2) is 2.92. The summed E-state index contributed by atoms with van der Waals surface area (Å²) in [4.78, 5) is 0. The molecule has 0 fully saturated rings. The number of nitrogens with one attached hydrogen (secondary N) is 1. The third-order valence-corrected chi connectivity index (χ3v) is 1.37. The van der Waals surface area contributed by atoms with Gasteiger partial charge < -0.3 is 0 Å². The van der Waals surface area contributed by atoms with E-state index in [-0.39, 0.29) is 6.17 Å². The Bertz CT molecular complexity index is 111. The van der Waals surface area contributed by atoms with Crippen LogP contribution in [0.25, 0.3) is 0 Å². The molecule has 1 aliphatic rings. The van der Waals surface area contributed by atoms with E-state index in [1.165, 1.54) is 6.42 Å². The van der Waals surface area contributed by atoms with E-state index >= 15 is 0 Å². The first-order chi connectivity index (χ1) is 4.33. The van der Waals surface area contributed by atoms with Crippen LogP contribution < -0.4 is 5.32 Å². The predicted molar refractivity (Wildman–Crippen MR) is 36.1 cm³/mol. The Morgan fingerprint density at radius 1 is 1.44 bits per heavy atom. The van der Waals surface area contributed by atoms with Crippen molar-refractivity contribution in [3.63, 3.8) is 0 Å². The topological polar surface area (TPSA) is 36.8 Å². The van der Waals surface area contributed by atoms with Gasteiger partial charge in [-0.2, -0.15) is 10.2 Å². The van der Waals surface area contributed by atoms with E-state index in [1.54, 1.807) is 0 Å². The van der Waals surface area contributed by atoms with Crippen molar-refractivity contribution < 1.29 is 0 Å². The maximum absolute atomic E-state index is 4.02. The van der Waals surface area contributed by atoms with Gasteiger partial charge in [0.1, 0.15) is 12.3 Å². The van der Waals surface area contributed by atoms with Crippen LogP contribution in [-0.2, 0) is 0 Å². The molecular weight excluding hydrogens is 114 g/mol. The van der Waals surface area contributed by atoms with Crippen molar-refractivity contribution in [3.8, 4) is 0 Å². The Kier molecular flexibility index (Phi) is 2.16. The summed E-state index contributed by atoms with van der Waals surface area (Å²) in [7, 11) is 0. The van der Waals surface area contributed by atoms with Crippen LogP contribution in [-0.4, -0.2) is 12.3 Å². The molecule has 3 nitrogen and oxygen atoms in total. The highest BCUT2D eigenvalue weighted by Gasteiger charge is 2.14. The van der Waals surface area contributed by atoms with E-state index in [1.807, 2.05) is 6.92 Å². The Balaban J connectivity index is 2.24. The molecule has 1 N–H and O–H groups in total. The molecule has 0 aliphatic carbocycles. The average molecular weight is 127 g/mol. The fourth-order valence-corrected chi connectivity index (χ4v) is 0.940. The lowest BCUT2D eigenvalue weighted by Crippen LogP contribution is -2.27. The van der Waals surface area contributed by atoms with Crippen LogP contribution in [0.3, 0.4) is 0 Å². The summed E-state index contributed by atoms with van der Waals surface area (Å²) in [6, 6.07) is 0. The van der Waals surface area contributed by atoms with Crippen molar-refractivity contribution in [1.82, 2.24) is 5.32 Å². The molecule has 1 aliphatic heterocycles. The second-order valence-electron chi connectivity index (χ2n) is 2.38. The monoisotopic (exact) mass is 127 g/mol. The van der Waals surface area contributed by atoms with Gasteiger partial charge in [-0.3, -0.25) is 5.32 Å². The smallest absolute Gasteiger partial charge is 0.122 e. The Morgan fingerprint density at radius 3 is 2.67 bits per heavy atom. The van der Waals surface area contributed by atoms with Gasteiger partial charge in [-0.05, 0) is 13.3 Å². The Hall–Kier alpha value is -0.440. The van der Waals surface area contributed by atoms with Gasteiger partial charge in [-0.25, -0.2) is 0 Å². The number of nitrogens with zero attached hydrogens (tertiary/aromatic N) is 2. The van der Waals surface area contributed by atoms with Crippen LogP contribution in [0.15, 0.2) is 10.2 Å². The number of rotatable bonds is 2. The van der Waals surface area contributed by atoms with Crippen molar-refractivity contribution >= 4 is 0 Å². The third-order valence-electron chi connectivity index (χ3n) is 1.37. The molecule has 0 radical (unpaired) electrons. The van der Waals surface area contributed by atoms with E-state index in [0.717, 1.165) is 6.42 Å². The lowest BCUT2D eigenvalue weighted by Gasteiger charge is -2.04. The van der Waals surface area contributed by atoms with Crippen LogP contribution >= 0.6 is 0 Å². The molecule has 0 aromatic heterocycles. The quantitative estimate of drug-likeness (QED) is 0.599. The number of hydrogen-bond acceptors (Lipinski definition) is 3. The van der Waals surface area contributed by atoms with E-state index in [9.17, 15) is 0 Å². The van der Waals surface area contributed by atoms with Crippen molar-refractivity contribution in [1.29, 1.82) is 0 Å². The van der Waals surface area contributed by atoms with Crippen molar-refractivity contribution in [2.45, 2.75) is 39.0 Å². The molecule has 1 heterocycles. The maximum Gasteiger partial charge on any atom is 0.122 e. The molecule has 9 heavy (non-hydrogen) atoms. The van der Waals surface area contributed by atoms with Crippen molar-refractivity contribution in [2.24, 2.45) is 10.2 Å². The zero-order valence-electron chi connectivity index (χ0n) is 5.96. The molecule has 0 saturated heterocycles. The molecule has 0 amide bonds. The largest absolute Gasteiger partial charge is 0.271 e. The average Bonchev–Trinajstić information content (AvgIpc) is 2.17. The molecule has 0 aromatic carbocycles. The van der Waals surface area contributed by atoms with Gasteiger partial charge in [0.2, 0.25) is 0 Å². The first-order valence-electron chi connectivity index (χ1n) is 3.49. The fraction of sp³-hybridized carbons (Fsp3) is 1.00. The molecule has 0 aromatic rings. The van der Waals surface area contributed by atoms with Crippen LogP contribution in [0.2, 0.25) is 0 Å². The highest BCUT2D eigenvalue weighted by molar-refractivity contribution is 4.71. The molecule has 2 atom stereocenters. The molecule has 1 rings (SSSR count). The summed E-state index contributed by atoms with van der Waals surface area (Å²) in [5.41, 5.74) is 0. The molecule has 2 unspecified atom stereocenters. The summed E-state index contributed by atoms with van der Waals surface area (Å²) in [6.07, 6.45) is 2.81. The SMILES string of the molecule is CCCC1N=NC(C)N1. The van der Waals surface area contributed by atoms with Gasteiger partial charge in [-0.15, -0.1) is 0 Å². The molecular formula is C6H13N3. The van der Waals surface area contributed by atoms with E-state index in [0.29, 0.717) is 6.17 Å². The number of hydrogen-bond donors (Lipinski definition) is 1. The zero-order chi connectivity index (χ0) is 6.69. The fourth-order valence-electron chi connectivity index (χ4n) is 0.940. The number of azo groups is 1. The van der Waals surface area contributed by atoms with Crippen molar-refractivity contribution in [2.75, 3.05) is 0 Å². The summed E-state index contributed by atoms with van der Waals surface area (Å²) in [5.74, 6) is 0. The van der Waals surface area contributed by atoms with E-state index in [4.69, 9.17) is 0 Å². The first kappa shape index (κ1) is 6.68. The standard InChI is InChI=1S/C6H13N3/c1-3-4-6-7-5(2)8-9-6/h5-7H,3-4H2,1-2H3. The van der Waals surface area contributed by atoms with Gasteiger partial charge in [0, 0.05) is 0 Å².